The second-order valence-corrected chi connectivity index (χ2v) is 5.12. The van der Waals surface area contributed by atoms with Crippen molar-refractivity contribution < 1.29 is 9.53 Å². The first kappa shape index (κ1) is 16.1. The number of nitrogens with zero attached hydrogens (tertiary/aromatic N) is 3. The number of aromatic nitrogens is 2. The van der Waals surface area contributed by atoms with Crippen LogP contribution in [0, 0.1) is 6.92 Å². The van der Waals surface area contributed by atoms with Crippen LogP contribution in [0.15, 0.2) is 42.9 Å². The summed E-state index contributed by atoms with van der Waals surface area (Å²) in [6.07, 6.45) is 5.90. The molecule has 0 bridgehead atoms. The standard InChI is InChI=1S/C17H21N3O2/c1-14-4-5-16(12-19-14)17(21)20(10-3-11-22-2)13-15-6-8-18-9-7-15/h4-9,12H,3,10-11,13H2,1-2H3. The summed E-state index contributed by atoms with van der Waals surface area (Å²) in [5, 5.41) is 0. The molecule has 0 unspecified atom stereocenters. The van der Waals surface area contributed by atoms with Crippen LogP contribution in [-0.4, -0.2) is 41.0 Å². The Bertz CT molecular complexity index is 585. The van der Waals surface area contributed by atoms with Gasteiger partial charge in [0, 0.05) is 51.1 Å². The van der Waals surface area contributed by atoms with Crippen LogP contribution in [-0.2, 0) is 11.3 Å². The monoisotopic (exact) mass is 299 g/mol. The maximum atomic E-state index is 12.7. The van der Waals surface area contributed by atoms with Gasteiger partial charge >= 0.3 is 0 Å². The fraction of sp³-hybridized carbons (Fsp3) is 0.353. The molecule has 0 aliphatic carbocycles. The minimum Gasteiger partial charge on any atom is -0.385 e. The summed E-state index contributed by atoms with van der Waals surface area (Å²) in [5.41, 5.74) is 2.56. The zero-order valence-corrected chi connectivity index (χ0v) is 13.0. The maximum absolute atomic E-state index is 12.7. The van der Waals surface area contributed by atoms with Crippen molar-refractivity contribution in [3.63, 3.8) is 0 Å². The van der Waals surface area contributed by atoms with Crippen LogP contribution in [0.25, 0.3) is 0 Å². The van der Waals surface area contributed by atoms with E-state index in [1.54, 1.807) is 25.7 Å². The van der Waals surface area contributed by atoms with Gasteiger partial charge in [-0.05, 0) is 43.2 Å². The quantitative estimate of drug-likeness (QED) is 0.737. The van der Waals surface area contributed by atoms with E-state index in [-0.39, 0.29) is 5.91 Å². The molecule has 5 nitrogen and oxygen atoms in total. The zero-order valence-electron chi connectivity index (χ0n) is 13.0. The highest BCUT2D eigenvalue weighted by molar-refractivity contribution is 5.93. The van der Waals surface area contributed by atoms with Gasteiger partial charge in [-0.2, -0.15) is 0 Å². The van der Waals surface area contributed by atoms with Gasteiger partial charge in [0.25, 0.3) is 5.91 Å². The van der Waals surface area contributed by atoms with E-state index < -0.39 is 0 Å². The van der Waals surface area contributed by atoms with Crippen LogP contribution in [0.1, 0.15) is 28.0 Å². The SMILES string of the molecule is COCCCN(Cc1ccncc1)C(=O)c1ccc(C)nc1. The third-order valence-electron chi connectivity index (χ3n) is 3.34. The molecule has 0 spiro atoms. The van der Waals surface area contributed by atoms with E-state index in [0.29, 0.717) is 25.3 Å². The van der Waals surface area contributed by atoms with Crippen LogP contribution in [0.3, 0.4) is 0 Å². The molecule has 2 aromatic heterocycles. The zero-order chi connectivity index (χ0) is 15.8. The van der Waals surface area contributed by atoms with E-state index in [2.05, 4.69) is 9.97 Å². The highest BCUT2D eigenvalue weighted by Crippen LogP contribution is 2.10. The Kier molecular flexibility index (Phi) is 6.03. The molecule has 5 heteroatoms. The first-order valence-corrected chi connectivity index (χ1v) is 7.30. The van der Waals surface area contributed by atoms with Crippen molar-refractivity contribution in [2.45, 2.75) is 19.9 Å². The average molecular weight is 299 g/mol. The number of hydrogen-bond acceptors (Lipinski definition) is 4. The Labute approximate surface area is 131 Å². The highest BCUT2D eigenvalue weighted by Gasteiger charge is 2.16. The number of carbonyl (C=O) groups excluding carboxylic acids is 1. The molecular weight excluding hydrogens is 278 g/mol. The van der Waals surface area contributed by atoms with Gasteiger partial charge in [0.05, 0.1) is 5.56 Å². The minimum atomic E-state index is -0.0135. The van der Waals surface area contributed by atoms with Gasteiger partial charge in [-0.15, -0.1) is 0 Å². The van der Waals surface area contributed by atoms with Crippen molar-refractivity contribution in [2.75, 3.05) is 20.3 Å². The van der Waals surface area contributed by atoms with Crippen molar-refractivity contribution in [3.8, 4) is 0 Å². The molecule has 0 N–H and O–H groups in total. The second-order valence-electron chi connectivity index (χ2n) is 5.12. The molecule has 2 aromatic rings. The third kappa shape index (κ3) is 4.63. The van der Waals surface area contributed by atoms with Gasteiger partial charge in [-0.3, -0.25) is 14.8 Å². The van der Waals surface area contributed by atoms with Crippen molar-refractivity contribution in [1.82, 2.24) is 14.9 Å². The lowest BCUT2D eigenvalue weighted by atomic mass is 10.2. The number of aryl methyl sites for hydroxylation is 1. The fourth-order valence-corrected chi connectivity index (χ4v) is 2.14. The Balaban J connectivity index is 2.12. The minimum absolute atomic E-state index is 0.0135. The lowest BCUT2D eigenvalue weighted by molar-refractivity contribution is 0.0723. The van der Waals surface area contributed by atoms with Gasteiger partial charge in [-0.1, -0.05) is 0 Å². The summed E-state index contributed by atoms with van der Waals surface area (Å²) >= 11 is 0. The van der Waals surface area contributed by atoms with Crippen LogP contribution in [0.2, 0.25) is 0 Å². The Morgan fingerprint density at radius 1 is 1.23 bits per heavy atom. The van der Waals surface area contributed by atoms with Gasteiger partial charge < -0.3 is 9.64 Å². The molecule has 0 atom stereocenters. The lowest BCUT2D eigenvalue weighted by Gasteiger charge is -2.22. The predicted octanol–water partition coefficient (Wildman–Crippen LogP) is 2.46. The van der Waals surface area contributed by atoms with E-state index in [9.17, 15) is 4.79 Å². The van der Waals surface area contributed by atoms with Crippen molar-refractivity contribution in [1.29, 1.82) is 0 Å². The number of ether oxygens (including phenoxy) is 1. The highest BCUT2D eigenvalue weighted by atomic mass is 16.5. The molecule has 0 radical (unpaired) electrons. The summed E-state index contributed by atoms with van der Waals surface area (Å²) in [6.45, 7) is 3.73. The lowest BCUT2D eigenvalue weighted by Crippen LogP contribution is -2.32. The Morgan fingerprint density at radius 3 is 2.64 bits per heavy atom. The first-order valence-electron chi connectivity index (χ1n) is 7.30. The largest absolute Gasteiger partial charge is 0.385 e. The number of hydrogen-bond donors (Lipinski definition) is 0. The molecule has 0 saturated carbocycles. The molecular formula is C17H21N3O2. The van der Waals surface area contributed by atoms with Crippen LogP contribution in [0.4, 0.5) is 0 Å². The summed E-state index contributed by atoms with van der Waals surface area (Å²) in [5.74, 6) is -0.0135. The number of amides is 1. The average Bonchev–Trinajstić information content (AvgIpc) is 2.55. The van der Waals surface area contributed by atoms with Crippen molar-refractivity contribution in [3.05, 3.63) is 59.7 Å². The number of rotatable bonds is 7. The molecule has 0 saturated heterocycles. The van der Waals surface area contributed by atoms with Crippen molar-refractivity contribution in [2.24, 2.45) is 0 Å². The first-order chi connectivity index (χ1) is 10.7. The smallest absolute Gasteiger partial charge is 0.255 e. The number of methoxy groups -OCH3 is 1. The Morgan fingerprint density at radius 2 is 2.00 bits per heavy atom. The summed E-state index contributed by atoms with van der Waals surface area (Å²) in [7, 11) is 1.67. The van der Waals surface area contributed by atoms with Gasteiger partial charge in [0.2, 0.25) is 0 Å². The Hall–Kier alpha value is -2.27. The number of pyridine rings is 2. The van der Waals surface area contributed by atoms with Gasteiger partial charge in [0.15, 0.2) is 0 Å². The van der Waals surface area contributed by atoms with Crippen LogP contribution >= 0.6 is 0 Å². The molecule has 2 heterocycles. The topological polar surface area (TPSA) is 55.3 Å². The van der Waals surface area contributed by atoms with Gasteiger partial charge in [0.1, 0.15) is 0 Å². The molecule has 0 aromatic carbocycles. The second kappa shape index (κ2) is 8.24. The molecule has 1 amide bonds. The van der Waals surface area contributed by atoms with Crippen molar-refractivity contribution >= 4 is 5.91 Å². The molecule has 0 aliphatic heterocycles. The summed E-state index contributed by atoms with van der Waals surface area (Å²) in [6, 6.07) is 7.52. The van der Waals surface area contributed by atoms with E-state index >= 15 is 0 Å². The molecule has 2 rings (SSSR count). The van der Waals surface area contributed by atoms with Crippen LogP contribution < -0.4 is 0 Å². The normalized spacial score (nSPS) is 10.5. The molecule has 22 heavy (non-hydrogen) atoms. The maximum Gasteiger partial charge on any atom is 0.255 e. The summed E-state index contributed by atoms with van der Waals surface area (Å²) in [4.78, 5) is 22.7. The molecule has 116 valence electrons. The molecule has 0 aliphatic rings. The molecule has 0 fully saturated rings. The third-order valence-corrected chi connectivity index (χ3v) is 3.34. The summed E-state index contributed by atoms with van der Waals surface area (Å²) < 4.78 is 5.08. The van der Waals surface area contributed by atoms with Crippen LogP contribution in [0.5, 0.6) is 0 Å². The van der Waals surface area contributed by atoms with E-state index in [4.69, 9.17) is 4.74 Å². The number of carbonyl (C=O) groups is 1. The van der Waals surface area contributed by atoms with Gasteiger partial charge in [-0.25, -0.2) is 0 Å². The van der Waals surface area contributed by atoms with E-state index in [0.717, 1.165) is 17.7 Å². The van der Waals surface area contributed by atoms with E-state index in [1.165, 1.54) is 0 Å². The van der Waals surface area contributed by atoms with E-state index in [1.807, 2.05) is 36.1 Å². The fourth-order valence-electron chi connectivity index (χ4n) is 2.14. The predicted molar refractivity (Wildman–Crippen MR) is 84.4 cm³/mol.